The van der Waals surface area contributed by atoms with E-state index in [-0.39, 0.29) is 11.5 Å². The highest BCUT2D eigenvalue weighted by Gasteiger charge is 2.17. The minimum Gasteiger partial charge on any atom is -0.478 e. The molecule has 21 heavy (non-hydrogen) atoms. The van der Waals surface area contributed by atoms with Gasteiger partial charge in [0.05, 0.1) is 16.6 Å². The Morgan fingerprint density at radius 1 is 1.33 bits per heavy atom. The summed E-state index contributed by atoms with van der Waals surface area (Å²) in [5, 5.41) is 9.34. The maximum Gasteiger partial charge on any atom is 0.337 e. The van der Waals surface area contributed by atoms with Crippen molar-refractivity contribution in [1.82, 2.24) is 14.5 Å². The van der Waals surface area contributed by atoms with Crippen LogP contribution in [0.4, 0.5) is 0 Å². The fourth-order valence-corrected chi connectivity index (χ4v) is 2.35. The monoisotopic (exact) mass is 289 g/mol. The number of rotatable bonds is 5. The van der Waals surface area contributed by atoms with Gasteiger partial charge in [-0.1, -0.05) is 13.0 Å². The highest BCUT2D eigenvalue weighted by Crippen LogP contribution is 2.21. The molecule has 0 saturated heterocycles. The molecule has 0 radical (unpaired) electrons. The lowest BCUT2D eigenvalue weighted by Gasteiger charge is -2.13. The Bertz CT molecular complexity index is 689. The summed E-state index contributed by atoms with van der Waals surface area (Å²) in [4.78, 5) is 29.2. The fourth-order valence-electron chi connectivity index (χ4n) is 2.35. The van der Waals surface area contributed by atoms with Crippen molar-refractivity contribution < 1.29 is 14.7 Å². The summed E-state index contributed by atoms with van der Waals surface area (Å²) in [6.07, 6.45) is 1.00. The number of carboxylic acids is 1. The van der Waals surface area contributed by atoms with Crippen molar-refractivity contribution >= 4 is 22.9 Å². The normalized spacial score (nSPS) is 10.8. The van der Waals surface area contributed by atoms with E-state index in [1.807, 2.05) is 11.5 Å². The summed E-state index contributed by atoms with van der Waals surface area (Å²) in [6.45, 7) is 2.40. The number of aryl methyl sites for hydroxylation is 2. The van der Waals surface area contributed by atoms with Gasteiger partial charge in [0.15, 0.2) is 0 Å². The van der Waals surface area contributed by atoms with Gasteiger partial charge in [0, 0.05) is 33.5 Å². The third kappa shape index (κ3) is 2.89. The van der Waals surface area contributed by atoms with Crippen LogP contribution < -0.4 is 0 Å². The van der Waals surface area contributed by atoms with Crippen LogP contribution in [-0.4, -0.2) is 45.5 Å². The van der Waals surface area contributed by atoms with Crippen molar-refractivity contribution in [3.63, 3.8) is 0 Å². The molecule has 0 spiro atoms. The van der Waals surface area contributed by atoms with Gasteiger partial charge in [0.1, 0.15) is 5.82 Å². The van der Waals surface area contributed by atoms with Crippen LogP contribution in [0.1, 0.15) is 29.5 Å². The van der Waals surface area contributed by atoms with E-state index in [1.165, 1.54) is 4.90 Å². The number of imidazole rings is 1. The van der Waals surface area contributed by atoms with E-state index in [1.54, 1.807) is 32.3 Å². The maximum absolute atomic E-state index is 11.8. The zero-order valence-electron chi connectivity index (χ0n) is 12.5. The second-order valence-electron chi connectivity index (χ2n) is 5.05. The Hall–Kier alpha value is -2.37. The van der Waals surface area contributed by atoms with Crippen molar-refractivity contribution in [2.24, 2.45) is 0 Å². The van der Waals surface area contributed by atoms with Gasteiger partial charge in [0.2, 0.25) is 5.91 Å². The zero-order valence-corrected chi connectivity index (χ0v) is 12.5. The van der Waals surface area contributed by atoms with Gasteiger partial charge in [-0.15, -0.1) is 0 Å². The Kier molecular flexibility index (Phi) is 4.26. The highest BCUT2D eigenvalue weighted by molar-refractivity contribution is 6.01. The average Bonchev–Trinajstić information content (AvgIpc) is 2.81. The van der Waals surface area contributed by atoms with Gasteiger partial charge in [-0.05, 0) is 12.1 Å². The molecule has 0 fully saturated rings. The summed E-state index contributed by atoms with van der Waals surface area (Å²) in [5.41, 5.74) is 1.47. The van der Waals surface area contributed by atoms with Crippen LogP contribution in [-0.2, 0) is 17.8 Å². The van der Waals surface area contributed by atoms with Crippen LogP contribution in [0.2, 0.25) is 0 Å². The van der Waals surface area contributed by atoms with Gasteiger partial charge in [-0.3, -0.25) is 4.79 Å². The number of nitrogens with zero attached hydrogens (tertiary/aromatic N) is 3. The summed E-state index contributed by atoms with van der Waals surface area (Å²) in [7, 11) is 3.41. The van der Waals surface area contributed by atoms with Gasteiger partial charge in [0.25, 0.3) is 0 Å². The largest absolute Gasteiger partial charge is 0.478 e. The first-order valence-electron chi connectivity index (χ1n) is 6.87. The number of carbonyl (C=O) groups is 2. The Morgan fingerprint density at radius 2 is 2.05 bits per heavy atom. The smallest absolute Gasteiger partial charge is 0.337 e. The molecular weight excluding hydrogens is 270 g/mol. The number of fused-ring (bicyclic) bond motifs is 1. The Balaban J connectivity index is 2.49. The minimum atomic E-state index is -0.983. The van der Waals surface area contributed by atoms with Gasteiger partial charge < -0.3 is 14.6 Å². The van der Waals surface area contributed by atoms with E-state index in [4.69, 9.17) is 0 Å². The lowest BCUT2D eigenvalue weighted by Crippen LogP contribution is -2.23. The van der Waals surface area contributed by atoms with Crippen molar-refractivity contribution in [1.29, 1.82) is 0 Å². The number of aromatic carboxylic acids is 1. The topological polar surface area (TPSA) is 75.4 Å². The fraction of sp³-hybridized carbons (Fsp3) is 0.400. The number of benzene rings is 1. The van der Waals surface area contributed by atoms with Crippen molar-refractivity contribution in [3.8, 4) is 0 Å². The zero-order chi connectivity index (χ0) is 15.6. The first-order chi connectivity index (χ1) is 9.95. The van der Waals surface area contributed by atoms with Crippen molar-refractivity contribution in [2.75, 3.05) is 14.1 Å². The molecule has 0 aliphatic carbocycles. The number of carbonyl (C=O) groups excluding carboxylic acids is 1. The van der Waals surface area contributed by atoms with Crippen LogP contribution in [0.25, 0.3) is 11.0 Å². The van der Waals surface area contributed by atoms with E-state index in [0.717, 1.165) is 5.82 Å². The lowest BCUT2D eigenvalue weighted by atomic mass is 10.2. The molecule has 1 amide bonds. The molecule has 1 heterocycles. The molecule has 1 aromatic heterocycles. The van der Waals surface area contributed by atoms with Crippen LogP contribution in [0.5, 0.6) is 0 Å². The Labute approximate surface area is 123 Å². The number of hydrogen-bond donors (Lipinski definition) is 1. The number of para-hydroxylation sites is 1. The van der Waals surface area contributed by atoms with Crippen LogP contribution >= 0.6 is 0 Å². The number of carboxylic acid groups (broad SMARTS) is 1. The van der Waals surface area contributed by atoms with Gasteiger partial charge in [-0.2, -0.15) is 0 Å². The molecule has 0 saturated carbocycles. The summed E-state index contributed by atoms with van der Waals surface area (Å²) in [6, 6.07) is 5.05. The second-order valence-corrected chi connectivity index (χ2v) is 5.05. The first-order valence-corrected chi connectivity index (χ1v) is 6.87. The van der Waals surface area contributed by atoms with Crippen molar-refractivity contribution in [3.05, 3.63) is 29.6 Å². The van der Waals surface area contributed by atoms with E-state index < -0.39 is 5.97 Å². The molecule has 2 rings (SSSR count). The Morgan fingerprint density at radius 3 is 2.62 bits per heavy atom. The molecule has 6 nitrogen and oxygen atoms in total. The predicted octanol–water partition coefficient (Wildman–Crippen LogP) is 1.78. The molecule has 0 aliphatic heterocycles. The van der Waals surface area contributed by atoms with Crippen molar-refractivity contribution in [2.45, 2.75) is 26.3 Å². The standard InChI is InChI=1S/C15H19N3O3/c1-4-12-16-11-7-5-6-10(15(20)21)14(11)18(12)9-8-13(19)17(2)3/h5-7H,4,8-9H2,1-3H3,(H,20,21). The average molecular weight is 289 g/mol. The minimum absolute atomic E-state index is 0.00621. The van der Waals surface area contributed by atoms with Gasteiger partial charge >= 0.3 is 5.97 Å². The third-order valence-electron chi connectivity index (χ3n) is 3.44. The molecule has 2 aromatic rings. The molecule has 0 bridgehead atoms. The van der Waals surface area contributed by atoms with E-state index >= 15 is 0 Å². The van der Waals surface area contributed by atoms with Crippen LogP contribution in [0.15, 0.2) is 18.2 Å². The molecule has 0 unspecified atom stereocenters. The van der Waals surface area contributed by atoms with E-state index in [9.17, 15) is 14.7 Å². The van der Waals surface area contributed by atoms with E-state index in [0.29, 0.717) is 30.4 Å². The van der Waals surface area contributed by atoms with Crippen LogP contribution in [0.3, 0.4) is 0 Å². The highest BCUT2D eigenvalue weighted by atomic mass is 16.4. The number of amides is 1. The van der Waals surface area contributed by atoms with E-state index in [2.05, 4.69) is 4.98 Å². The third-order valence-corrected chi connectivity index (χ3v) is 3.44. The molecular formula is C15H19N3O3. The lowest BCUT2D eigenvalue weighted by molar-refractivity contribution is -0.128. The quantitative estimate of drug-likeness (QED) is 0.910. The van der Waals surface area contributed by atoms with Crippen LogP contribution in [0, 0.1) is 0 Å². The molecule has 112 valence electrons. The van der Waals surface area contributed by atoms with Gasteiger partial charge in [-0.25, -0.2) is 9.78 Å². The molecule has 1 aromatic carbocycles. The summed E-state index contributed by atoms with van der Waals surface area (Å²) < 4.78 is 1.85. The molecule has 6 heteroatoms. The SMILES string of the molecule is CCc1nc2cccc(C(=O)O)c2n1CCC(=O)N(C)C. The maximum atomic E-state index is 11.8. The second kappa shape index (κ2) is 5.95. The summed E-state index contributed by atoms with van der Waals surface area (Å²) >= 11 is 0. The summed E-state index contributed by atoms with van der Waals surface area (Å²) in [5.74, 6) is -0.180. The molecule has 0 aliphatic rings. The molecule has 0 atom stereocenters. The predicted molar refractivity (Wildman–Crippen MR) is 79.4 cm³/mol. The number of hydrogen-bond acceptors (Lipinski definition) is 3. The number of aromatic nitrogens is 2. The first kappa shape index (κ1) is 15.0. The molecule has 1 N–H and O–H groups in total.